The first-order valence-corrected chi connectivity index (χ1v) is 8.32. The van der Waals surface area contributed by atoms with Crippen molar-refractivity contribution >= 4 is 27.0 Å². The molecule has 7 heteroatoms. The van der Waals surface area contributed by atoms with Crippen LogP contribution in [0.2, 0.25) is 0 Å². The van der Waals surface area contributed by atoms with Gasteiger partial charge < -0.3 is 10.5 Å². The Kier molecular flexibility index (Phi) is 4.64. The molecule has 1 aromatic heterocycles. The quantitative estimate of drug-likeness (QED) is 0.631. The first-order valence-electron chi connectivity index (χ1n) is 6.02. The minimum absolute atomic E-state index is 0.202. The fourth-order valence-electron chi connectivity index (χ4n) is 1.58. The normalized spacial score (nSPS) is 11.4. The molecule has 0 saturated carbocycles. The molecule has 0 bridgehead atoms. The maximum atomic E-state index is 11.9. The Morgan fingerprint density at radius 3 is 2.75 bits per heavy atom. The van der Waals surface area contributed by atoms with Gasteiger partial charge in [-0.25, -0.2) is 13.1 Å². The number of ether oxygens (including phenoxy) is 1. The zero-order valence-corrected chi connectivity index (χ0v) is 12.6. The van der Waals surface area contributed by atoms with Gasteiger partial charge in [0.2, 0.25) is 10.0 Å². The first kappa shape index (κ1) is 14.8. The van der Waals surface area contributed by atoms with Gasteiger partial charge in [-0.3, -0.25) is 0 Å². The van der Waals surface area contributed by atoms with Crippen LogP contribution in [0, 0.1) is 6.92 Å². The molecule has 0 spiro atoms. The highest BCUT2D eigenvalue weighted by molar-refractivity contribution is 7.91. The van der Waals surface area contributed by atoms with Crippen LogP contribution >= 0.6 is 11.3 Å². The molecule has 1 heterocycles. The van der Waals surface area contributed by atoms with E-state index in [0.29, 0.717) is 15.6 Å². The number of nitrogen functional groups attached to an aromatic ring is 1. The largest absolute Gasteiger partial charge is 0.492 e. The molecule has 0 aliphatic rings. The summed E-state index contributed by atoms with van der Waals surface area (Å²) in [5, 5.41) is 0. The maximum absolute atomic E-state index is 11.9. The molecule has 0 atom stereocenters. The van der Waals surface area contributed by atoms with Crippen LogP contribution in [0.3, 0.4) is 0 Å². The smallest absolute Gasteiger partial charge is 0.250 e. The van der Waals surface area contributed by atoms with Crippen LogP contribution in [0.5, 0.6) is 5.75 Å². The molecule has 0 radical (unpaired) electrons. The molecule has 108 valence electrons. The van der Waals surface area contributed by atoms with Crippen LogP contribution in [0.25, 0.3) is 0 Å². The molecule has 20 heavy (non-hydrogen) atoms. The summed E-state index contributed by atoms with van der Waals surface area (Å²) in [6, 6.07) is 10.4. The van der Waals surface area contributed by atoms with Crippen molar-refractivity contribution < 1.29 is 13.2 Å². The molecule has 0 unspecified atom stereocenters. The van der Waals surface area contributed by atoms with Crippen molar-refractivity contribution in [3.05, 3.63) is 41.3 Å². The van der Waals surface area contributed by atoms with Crippen molar-refractivity contribution in [3.8, 4) is 5.75 Å². The predicted octanol–water partition coefficient (Wildman–Crippen LogP) is 2.00. The molecule has 5 nitrogen and oxygen atoms in total. The van der Waals surface area contributed by atoms with Gasteiger partial charge in [-0.05, 0) is 31.2 Å². The van der Waals surface area contributed by atoms with Gasteiger partial charge in [0.1, 0.15) is 16.6 Å². The minimum atomic E-state index is -3.44. The van der Waals surface area contributed by atoms with Gasteiger partial charge in [-0.15, -0.1) is 11.3 Å². The fraction of sp³-hybridized carbons (Fsp3) is 0.231. The predicted molar refractivity (Wildman–Crippen MR) is 80.6 cm³/mol. The van der Waals surface area contributed by atoms with Crippen LogP contribution in [0.15, 0.2) is 40.6 Å². The van der Waals surface area contributed by atoms with Gasteiger partial charge >= 0.3 is 0 Å². The van der Waals surface area contributed by atoms with E-state index in [1.807, 2.05) is 6.92 Å². The van der Waals surface area contributed by atoms with Gasteiger partial charge in [0.05, 0.1) is 0 Å². The maximum Gasteiger partial charge on any atom is 0.250 e. The van der Waals surface area contributed by atoms with Crippen molar-refractivity contribution in [1.82, 2.24) is 4.72 Å². The zero-order chi connectivity index (χ0) is 14.6. The lowest BCUT2D eigenvalue weighted by Crippen LogP contribution is -2.27. The Morgan fingerprint density at radius 2 is 2.10 bits per heavy atom. The second-order valence-corrected chi connectivity index (χ2v) is 7.47. The van der Waals surface area contributed by atoms with Crippen molar-refractivity contribution in [1.29, 1.82) is 0 Å². The van der Waals surface area contributed by atoms with E-state index in [4.69, 9.17) is 10.5 Å². The van der Waals surface area contributed by atoms with E-state index in [-0.39, 0.29) is 13.2 Å². The summed E-state index contributed by atoms with van der Waals surface area (Å²) >= 11 is 1.24. The summed E-state index contributed by atoms with van der Waals surface area (Å²) in [5.74, 6) is 0.621. The Morgan fingerprint density at radius 1 is 1.30 bits per heavy atom. The van der Waals surface area contributed by atoms with E-state index in [2.05, 4.69) is 4.72 Å². The summed E-state index contributed by atoms with van der Waals surface area (Å²) in [7, 11) is -3.44. The van der Waals surface area contributed by atoms with Gasteiger partial charge in [0.15, 0.2) is 0 Å². The summed E-state index contributed by atoms with van der Waals surface area (Å²) in [5.41, 5.74) is 6.23. The Labute approximate surface area is 122 Å². The molecular formula is C13H16N2O3S2. The third kappa shape index (κ3) is 3.96. The topological polar surface area (TPSA) is 81.4 Å². The average molecular weight is 312 g/mol. The van der Waals surface area contributed by atoms with Gasteiger partial charge in [0, 0.05) is 23.2 Å². The van der Waals surface area contributed by atoms with Crippen LogP contribution < -0.4 is 15.2 Å². The third-order valence-corrected chi connectivity index (χ3v) is 5.46. The molecule has 3 N–H and O–H groups in total. The minimum Gasteiger partial charge on any atom is -0.492 e. The molecule has 0 fully saturated rings. The van der Waals surface area contributed by atoms with Crippen molar-refractivity contribution in [2.45, 2.75) is 11.1 Å². The highest BCUT2D eigenvalue weighted by atomic mass is 32.2. The lowest BCUT2D eigenvalue weighted by Gasteiger charge is -2.08. The van der Waals surface area contributed by atoms with Crippen molar-refractivity contribution in [3.63, 3.8) is 0 Å². The van der Waals surface area contributed by atoms with Crippen LogP contribution in [-0.2, 0) is 10.0 Å². The average Bonchev–Trinajstić information content (AvgIpc) is 2.82. The zero-order valence-electron chi connectivity index (χ0n) is 11.0. The lowest BCUT2D eigenvalue weighted by atomic mass is 10.3. The van der Waals surface area contributed by atoms with Crippen molar-refractivity contribution in [2.75, 3.05) is 18.9 Å². The summed E-state index contributed by atoms with van der Waals surface area (Å²) in [4.78, 5) is 0.960. The van der Waals surface area contributed by atoms with Crippen molar-refractivity contribution in [2.24, 2.45) is 0 Å². The number of benzene rings is 1. The third-order valence-electron chi connectivity index (χ3n) is 2.50. The summed E-state index contributed by atoms with van der Waals surface area (Å²) < 4.78 is 32.1. The molecule has 2 rings (SSSR count). The highest BCUT2D eigenvalue weighted by Crippen LogP contribution is 2.20. The number of anilines is 1. The molecule has 0 saturated heterocycles. The van der Waals surface area contributed by atoms with E-state index in [0.717, 1.165) is 4.88 Å². The molecule has 1 aromatic carbocycles. The monoisotopic (exact) mass is 312 g/mol. The second-order valence-electron chi connectivity index (χ2n) is 4.18. The van der Waals surface area contributed by atoms with Crippen LogP contribution in [0.4, 0.5) is 5.69 Å². The van der Waals surface area contributed by atoms with E-state index in [1.54, 1.807) is 36.4 Å². The fourth-order valence-corrected chi connectivity index (χ4v) is 3.92. The number of rotatable bonds is 6. The Balaban J connectivity index is 1.84. The number of aryl methyl sites for hydroxylation is 1. The number of nitrogens with one attached hydrogen (secondary N) is 1. The SMILES string of the molecule is Cc1ccc(S(=O)(=O)NCCOc2cccc(N)c2)s1. The number of sulfonamides is 1. The summed E-state index contributed by atoms with van der Waals surface area (Å²) in [6.07, 6.45) is 0. The molecule has 0 aliphatic carbocycles. The summed E-state index contributed by atoms with van der Waals surface area (Å²) in [6.45, 7) is 2.31. The van der Waals surface area contributed by atoms with E-state index in [1.165, 1.54) is 11.3 Å². The van der Waals surface area contributed by atoms with Gasteiger partial charge in [-0.1, -0.05) is 6.07 Å². The number of nitrogens with two attached hydrogens (primary N) is 1. The van der Waals surface area contributed by atoms with Gasteiger partial charge in [-0.2, -0.15) is 0 Å². The van der Waals surface area contributed by atoms with Crippen LogP contribution in [-0.4, -0.2) is 21.6 Å². The van der Waals surface area contributed by atoms with Crippen LogP contribution in [0.1, 0.15) is 4.88 Å². The highest BCUT2D eigenvalue weighted by Gasteiger charge is 2.15. The molecule has 0 aliphatic heterocycles. The van der Waals surface area contributed by atoms with E-state index in [9.17, 15) is 8.42 Å². The standard InChI is InChI=1S/C13H16N2O3S2/c1-10-5-6-13(19-10)20(16,17)15-7-8-18-12-4-2-3-11(14)9-12/h2-6,9,15H,7-8,14H2,1H3. The first-order chi connectivity index (χ1) is 9.47. The van der Waals surface area contributed by atoms with Gasteiger partial charge in [0.25, 0.3) is 0 Å². The molecule has 0 amide bonds. The number of hydrogen-bond donors (Lipinski definition) is 2. The molecule has 2 aromatic rings. The number of hydrogen-bond acceptors (Lipinski definition) is 5. The Bertz CT molecular complexity index is 680. The van der Waals surface area contributed by atoms with E-state index >= 15 is 0 Å². The Hall–Kier alpha value is -1.57. The van der Waals surface area contributed by atoms with E-state index < -0.39 is 10.0 Å². The second kappa shape index (κ2) is 6.25. The lowest BCUT2D eigenvalue weighted by molar-refractivity contribution is 0.323. The number of thiophene rings is 1. The molecular weight excluding hydrogens is 296 g/mol.